The molecule has 1 unspecified atom stereocenters. The van der Waals surface area contributed by atoms with Gasteiger partial charge in [-0.05, 0) is 19.3 Å². The van der Waals surface area contributed by atoms with Gasteiger partial charge in [-0.1, -0.05) is 13.8 Å². The van der Waals surface area contributed by atoms with Gasteiger partial charge in [-0.15, -0.1) is 0 Å². The van der Waals surface area contributed by atoms with Gasteiger partial charge in [0.1, 0.15) is 5.60 Å². The minimum atomic E-state index is -0.369. The second-order valence-electron chi connectivity index (χ2n) is 4.31. The van der Waals surface area contributed by atoms with Crippen molar-refractivity contribution in [3.05, 3.63) is 0 Å². The van der Waals surface area contributed by atoms with Gasteiger partial charge in [0.05, 0.1) is 13.0 Å². The van der Waals surface area contributed by atoms with Crippen LogP contribution in [0.5, 0.6) is 0 Å². The van der Waals surface area contributed by atoms with E-state index < -0.39 is 0 Å². The Hall–Kier alpha value is -0.610. The lowest BCUT2D eigenvalue weighted by atomic mass is 9.90. The van der Waals surface area contributed by atoms with E-state index in [1.54, 1.807) is 0 Å². The van der Waals surface area contributed by atoms with Crippen LogP contribution < -0.4 is 0 Å². The number of amides is 1. The summed E-state index contributed by atoms with van der Waals surface area (Å²) >= 11 is 0. The van der Waals surface area contributed by atoms with Gasteiger partial charge in [0.25, 0.3) is 0 Å². The first-order valence-electron chi connectivity index (χ1n) is 5.10. The Morgan fingerprint density at radius 3 is 2.71 bits per heavy atom. The summed E-state index contributed by atoms with van der Waals surface area (Å²) in [5.74, 6) is 0.334. The maximum absolute atomic E-state index is 11.5. The van der Waals surface area contributed by atoms with Crippen molar-refractivity contribution in [3.8, 4) is 0 Å². The van der Waals surface area contributed by atoms with E-state index in [0.717, 1.165) is 0 Å². The lowest BCUT2D eigenvalue weighted by molar-refractivity contribution is -0.206. The second-order valence-corrected chi connectivity index (χ2v) is 4.31. The molecule has 1 aliphatic heterocycles. The largest absolute Gasteiger partial charge is 0.396 e. The number of rotatable bonds is 4. The lowest BCUT2D eigenvalue weighted by Gasteiger charge is -2.27. The number of hydroxylamine groups is 2. The molecule has 0 radical (unpaired) electrons. The van der Waals surface area contributed by atoms with Crippen molar-refractivity contribution in [3.63, 3.8) is 0 Å². The number of aliphatic hydroxyl groups excluding tert-OH is 1. The second kappa shape index (κ2) is 4.28. The van der Waals surface area contributed by atoms with Crippen LogP contribution in [0.1, 0.15) is 33.6 Å². The molecular formula is C10H19NO3. The molecule has 1 atom stereocenters. The van der Waals surface area contributed by atoms with Crippen LogP contribution in [0.3, 0.4) is 0 Å². The van der Waals surface area contributed by atoms with E-state index in [1.807, 2.05) is 20.8 Å². The Morgan fingerprint density at radius 2 is 2.29 bits per heavy atom. The van der Waals surface area contributed by atoms with Crippen molar-refractivity contribution in [2.75, 3.05) is 13.2 Å². The average molecular weight is 201 g/mol. The molecule has 0 aromatic carbocycles. The molecule has 4 heteroatoms. The normalized spacial score (nSPS) is 27.8. The summed E-state index contributed by atoms with van der Waals surface area (Å²) in [5.41, 5.74) is -0.369. The van der Waals surface area contributed by atoms with Gasteiger partial charge in [-0.3, -0.25) is 9.63 Å². The Balaban J connectivity index is 2.55. The summed E-state index contributed by atoms with van der Waals surface area (Å²) in [5, 5.41) is 10.0. The third-order valence-corrected chi connectivity index (χ3v) is 2.84. The Labute approximate surface area is 84.8 Å². The Bertz CT molecular complexity index is 217. The molecule has 1 amide bonds. The van der Waals surface area contributed by atoms with Crippen molar-refractivity contribution in [1.29, 1.82) is 0 Å². The first-order valence-corrected chi connectivity index (χ1v) is 5.10. The maximum atomic E-state index is 11.5. The van der Waals surface area contributed by atoms with Gasteiger partial charge in [0, 0.05) is 6.61 Å². The van der Waals surface area contributed by atoms with E-state index in [-0.39, 0.29) is 18.1 Å². The van der Waals surface area contributed by atoms with Crippen LogP contribution in [0.15, 0.2) is 0 Å². The molecule has 1 N–H and O–H groups in total. The number of aliphatic hydroxyl groups is 1. The summed E-state index contributed by atoms with van der Waals surface area (Å²) in [6.07, 6.45) is 1.01. The topological polar surface area (TPSA) is 49.8 Å². The minimum Gasteiger partial charge on any atom is -0.396 e. The molecule has 0 saturated carbocycles. The molecule has 82 valence electrons. The van der Waals surface area contributed by atoms with E-state index in [4.69, 9.17) is 9.94 Å². The van der Waals surface area contributed by atoms with Crippen LogP contribution >= 0.6 is 0 Å². The quantitative estimate of drug-likeness (QED) is 0.736. The zero-order chi connectivity index (χ0) is 10.8. The summed E-state index contributed by atoms with van der Waals surface area (Å²) in [7, 11) is 0. The molecule has 1 saturated heterocycles. The summed E-state index contributed by atoms with van der Waals surface area (Å²) in [6, 6.07) is 0. The first kappa shape index (κ1) is 11.5. The lowest BCUT2D eigenvalue weighted by Crippen LogP contribution is -2.33. The number of carbonyl (C=O) groups excluding carboxylic acids is 1. The van der Waals surface area contributed by atoms with E-state index in [2.05, 4.69) is 0 Å². The fraction of sp³-hybridized carbons (Fsp3) is 0.900. The van der Waals surface area contributed by atoms with Gasteiger partial charge in [-0.25, -0.2) is 5.06 Å². The van der Waals surface area contributed by atoms with Crippen LogP contribution in [0.2, 0.25) is 0 Å². The van der Waals surface area contributed by atoms with Crippen LogP contribution in [0, 0.1) is 5.92 Å². The predicted molar refractivity (Wildman–Crippen MR) is 52.4 cm³/mol. The molecule has 14 heavy (non-hydrogen) atoms. The summed E-state index contributed by atoms with van der Waals surface area (Å²) in [6.45, 7) is 6.61. The maximum Gasteiger partial charge on any atom is 0.249 e. The van der Waals surface area contributed by atoms with Gasteiger partial charge in [-0.2, -0.15) is 0 Å². The van der Waals surface area contributed by atoms with Crippen LogP contribution in [-0.4, -0.2) is 34.8 Å². The smallest absolute Gasteiger partial charge is 0.249 e. The molecule has 0 bridgehead atoms. The number of hydrogen-bond acceptors (Lipinski definition) is 3. The van der Waals surface area contributed by atoms with Crippen molar-refractivity contribution < 1.29 is 14.7 Å². The number of nitrogens with zero attached hydrogens (tertiary/aromatic N) is 1. The van der Waals surface area contributed by atoms with Crippen LogP contribution in [0.25, 0.3) is 0 Å². The van der Waals surface area contributed by atoms with E-state index in [0.29, 0.717) is 25.3 Å². The summed E-state index contributed by atoms with van der Waals surface area (Å²) in [4.78, 5) is 17.1. The highest BCUT2D eigenvalue weighted by Crippen LogP contribution is 2.33. The molecule has 1 aliphatic rings. The Kier molecular flexibility index (Phi) is 3.50. The van der Waals surface area contributed by atoms with Gasteiger partial charge >= 0.3 is 0 Å². The van der Waals surface area contributed by atoms with Crippen molar-refractivity contribution in [2.24, 2.45) is 5.92 Å². The third-order valence-electron chi connectivity index (χ3n) is 2.84. The van der Waals surface area contributed by atoms with Gasteiger partial charge in [0.2, 0.25) is 5.91 Å². The highest BCUT2D eigenvalue weighted by atomic mass is 16.7. The molecule has 0 aliphatic carbocycles. The summed E-state index contributed by atoms with van der Waals surface area (Å²) < 4.78 is 0. The molecule has 0 aromatic rings. The van der Waals surface area contributed by atoms with Crippen LogP contribution in [0.4, 0.5) is 0 Å². The van der Waals surface area contributed by atoms with Crippen molar-refractivity contribution in [1.82, 2.24) is 5.06 Å². The van der Waals surface area contributed by atoms with Crippen LogP contribution in [-0.2, 0) is 9.63 Å². The zero-order valence-electron chi connectivity index (χ0n) is 9.12. The van der Waals surface area contributed by atoms with E-state index in [9.17, 15) is 4.79 Å². The zero-order valence-corrected chi connectivity index (χ0v) is 9.12. The fourth-order valence-corrected chi connectivity index (χ4v) is 1.42. The first-order chi connectivity index (χ1) is 6.49. The molecule has 4 nitrogen and oxygen atoms in total. The molecule has 1 rings (SSSR count). The monoisotopic (exact) mass is 201 g/mol. The predicted octanol–water partition coefficient (Wildman–Crippen LogP) is 0.947. The standard InChI is InChI=1S/C10H19NO3/c1-8(2)10(3)7-9(13)11(14-10)5-4-6-12/h8,12H,4-7H2,1-3H3. The fourth-order valence-electron chi connectivity index (χ4n) is 1.42. The van der Waals surface area contributed by atoms with E-state index in [1.165, 1.54) is 5.06 Å². The van der Waals surface area contributed by atoms with E-state index >= 15 is 0 Å². The molecule has 1 heterocycles. The minimum absolute atomic E-state index is 0.0228. The molecule has 0 aromatic heterocycles. The number of carbonyl (C=O) groups is 1. The molecular weight excluding hydrogens is 182 g/mol. The number of hydrogen-bond donors (Lipinski definition) is 1. The van der Waals surface area contributed by atoms with Gasteiger partial charge in [0.15, 0.2) is 0 Å². The van der Waals surface area contributed by atoms with Crippen molar-refractivity contribution >= 4 is 5.91 Å². The average Bonchev–Trinajstić information content (AvgIpc) is 2.39. The highest BCUT2D eigenvalue weighted by molar-refractivity contribution is 5.77. The Morgan fingerprint density at radius 1 is 1.64 bits per heavy atom. The molecule has 0 spiro atoms. The third kappa shape index (κ3) is 2.25. The molecule has 1 fully saturated rings. The highest BCUT2D eigenvalue weighted by Gasteiger charge is 2.43. The van der Waals surface area contributed by atoms with Gasteiger partial charge < -0.3 is 5.11 Å². The SMILES string of the molecule is CC(C)C1(C)CC(=O)N(CCCO)O1. The van der Waals surface area contributed by atoms with Crippen molar-refractivity contribution in [2.45, 2.75) is 39.2 Å².